The van der Waals surface area contributed by atoms with E-state index < -0.39 is 0 Å². The zero-order chi connectivity index (χ0) is 8.69. The van der Waals surface area contributed by atoms with Gasteiger partial charge in [-0.2, -0.15) is 0 Å². The molecule has 0 aromatic heterocycles. The Labute approximate surface area is 76.5 Å². The van der Waals surface area contributed by atoms with E-state index in [0.29, 0.717) is 6.54 Å². The van der Waals surface area contributed by atoms with Crippen molar-refractivity contribution < 1.29 is 4.79 Å². The number of hydrogen-bond acceptors (Lipinski definition) is 3. The maximum atomic E-state index is 10.4. The molecule has 0 saturated heterocycles. The van der Waals surface area contributed by atoms with Crippen LogP contribution in [0.15, 0.2) is 5.11 Å². The highest BCUT2D eigenvalue weighted by atomic mass is 35.5. The second-order valence-electron chi connectivity index (χ2n) is 2.11. The average molecular weight is 194 g/mol. The Bertz CT molecular complexity index is 179. The number of halogens is 1. The monoisotopic (exact) mass is 193 g/mol. The van der Waals surface area contributed by atoms with Crippen molar-refractivity contribution in [2.75, 3.05) is 13.1 Å². The lowest BCUT2D eigenvalue weighted by Crippen LogP contribution is -2.37. The summed E-state index contributed by atoms with van der Waals surface area (Å²) in [7, 11) is 0. The topological polar surface area (TPSA) is 104 Å². The molecule has 0 spiro atoms. The van der Waals surface area contributed by atoms with Gasteiger partial charge in [-0.1, -0.05) is 5.11 Å². The smallest absolute Gasteiger partial charge is 0.216 e. The highest BCUT2D eigenvalue weighted by Gasteiger charge is 1.99. The Balaban J connectivity index is 0. The van der Waals surface area contributed by atoms with Gasteiger partial charge in [0.1, 0.15) is 0 Å². The molecule has 7 heteroatoms. The number of nitrogens with one attached hydrogen (secondary N) is 1. The molecule has 0 bridgehead atoms. The van der Waals surface area contributed by atoms with Crippen LogP contribution in [0.2, 0.25) is 0 Å². The zero-order valence-corrected chi connectivity index (χ0v) is 7.54. The number of carbonyl (C=O) groups excluding carboxylic acids is 1. The van der Waals surface area contributed by atoms with Crippen molar-refractivity contribution >= 4 is 18.3 Å². The predicted molar refractivity (Wildman–Crippen MR) is 47.9 cm³/mol. The molecule has 70 valence electrons. The van der Waals surface area contributed by atoms with Crippen molar-refractivity contribution in [1.82, 2.24) is 5.32 Å². The quantitative estimate of drug-likeness (QED) is 0.378. The lowest BCUT2D eigenvalue weighted by Gasteiger charge is -2.07. The molecule has 1 unspecified atom stereocenters. The Kier molecular flexibility index (Phi) is 9.22. The number of carbonyl (C=O) groups is 1. The molecule has 0 aliphatic carbocycles. The highest BCUT2D eigenvalue weighted by molar-refractivity contribution is 5.85. The Hall–Kier alpha value is -0.970. The molecule has 0 saturated carbocycles. The summed E-state index contributed by atoms with van der Waals surface area (Å²) in [5.74, 6) is -0.138. The number of nitrogens with zero attached hydrogens (tertiary/aromatic N) is 3. The molecule has 1 atom stereocenters. The van der Waals surface area contributed by atoms with E-state index in [2.05, 4.69) is 15.3 Å². The van der Waals surface area contributed by atoms with E-state index in [-0.39, 0.29) is 30.9 Å². The van der Waals surface area contributed by atoms with Crippen molar-refractivity contribution in [3.8, 4) is 0 Å². The van der Waals surface area contributed by atoms with E-state index in [1.807, 2.05) is 0 Å². The minimum absolute atomic E-state index is 0. The molecule has 6 nitrogen and oxygen atoms in total. The Morgan fingerprint density at radius 2 is 2.42 bits per heavy atom. The molecule has 0 aromatic rings. The van der Waals surface area contributed by atoms with E-state index in [0.717, 1.165) is 0 Å². The van der Waals surface area contributed by atoms with Gasteiger partial charge in [0.25, 0.3) is 0 Å². The third-order valence-electron chi connectivity index (χ3n) is 0.993. The van der Waals surface area contributed by atoms with E-state index >= 15 is 0 Å². The molecular weight excluding hydrogens is 182 g/mol. The summed E-state index contributed by atoms with van der Waals surface area (Å²) in [6.45, 7) is 1.95. The van der Waals surface area contributed by atoms with Crippen LogP contribution in [0.25, 0.3) is 10.4 Å². The van der Waals surface area contributed by atoms with Gasteiger partial charge in [-0.3, -0.25) is 4.79 Å². The molecule has 1 amide bonds. The van der Waals surface area contributed by atoms with Gasteiger partial charge in [-0.05, 0) is 5.53 Å². The summed E-state index contributed by atoms with van der Waals surface area (Å²) in [5.41, 5.74) is 13.3. The summed E-state index contributed by atoms with van der Waals surface area (Å²) in [6, 6.07) is -0.296. The van der Waals surface area contributed by atoms with Crippen molar-refractivity contribution in [1.29, 1.82) is 0 Å². The maximum Gasteiger partial charge on any atom is 0.216 e. The molecule has 0 radical (unpaired) electrons. The van der Waals surface area contributed by atoms with Gasteiger partial charge < -0.3 is 11.1 Å². The van der Waals surface area contributed by atoms with E-state index in [1.165, 1.54) is 6.92 Å². The number of rotatable bonds is 4. The predicted octanol–water partition coefficient (Wildman–Crippen LogP) is 0.182. The molecule has 12 heavy (non-hydrogen) atoms. The van der Waals surface area contributed by atoms with Crippen LogP contribution in [-0.4, -0.2) is 25.0 Å². The number of amides is 1. The van der Waals surface area contributed by atoms with Gasteiger partial charge in [0.2, 0.25) is 5.91 Å². The highest BCUT2D eigenvalue weighted by Crippen LogP contribution is 1.78. The molecule has 0 heterocycles. The van der Waals surface area contributed by atoms with E-state index in [1.54, 1.807) is 0 Å². The summed E-state index contributed by atoms with van der Waals surface area (Å²) in [6.07, 6.45) is 0. The maximum absolute atomic E-state index is 10.4. The van der Waals surface area contributed by atoms with Gasteiger partial charge >= 0.3 is 0 Å². The van der Waals surface area contributed by atoms with Crippen LogP contribution in [0.3, 0.4) is 0 Å². The minimum atomic E-state index is -0.296. The summed E-state index contributed by atoms with van der Waals surface area (Å²) in [5, 5.41) is 5.76. The van der Waals surface area contributed by atoms with Crippen molar-refractivity contribution in [2.24, 2.45) is 10.8 Å². The molecule has 0 aromatic carbocycles. The molecule has 0 aliphatic heterocycles. The molecule has 0 aliphatic rings. The third-order valence-corrected chi connectivity index (χ3v) is 0.993. The first-order valence-electron chi connectivity index (χ1n) is 3.17. The average Bonchev–Trinajstić information content (AvgIpc) is 1.97. The van der Waals surface area contributed by atoms with E-state index in [9.17, 15) is 4.79 Å². The van der Waals surface area contributed by atoms with Crippen LogP contribution >= 0.6 is 12.4 Å². The summed E-state index contributed by atoms with van der Waals surface area (Å²) < 4.78 is 0. The molecule has 0 fully saturated rings. The first kappa shape index (κ1) is 13.6. The Morgan fingerprint density at radius 1 is 1.83 bits per heavy atom. The lowest BCUT2D eigenvalue weighted by molar-refractivity contribution is -0.119. The fraction of sp³-hybridized carbons (Fsp3) is 0.800. The van der Waals surface area contributed by atoms with Crippen molar-refractivity contribution in [3.05, 3.63) is 10.4 Å². The lowest BCUT2D eigenvalue weighted by atomic mass is 10.3. The van der Waals surface area contributed by atoms with Crippen molar-refractivity contribution in [2.45, 2.75) is 13.0 Å². The summed E-state index contributed by atoms with van der Waals surface area (Å²) >= 11 is 0. The second kappa shape index (κ2) is 8.13. The first-order chi connectivity index (χ1) is 5.16. The zero-order valence-electron chi connectivity index (χ0n) is 6.73. The minimum Gasteiger partial charge on any atom is -0.355 e. The van der Waals surface area contributed by atoms with Gasteiger partial charge in [-0.25, -0.2) is 0 Å². The van der Waals surface area contributed by atoms with Gasteiger partial charge in [-0.15, -0.1) is 12.4 Å². The van der Waals surface area contributed by atoms with Gasteiger partial charge in [0.05, 0.1) is 0 Å². The van der Waals surface area contributed by atoms with Crippen LogP contribution < -0.4 is 11.1 Å². The third kappa shape index (κ3) is 9.03. The van der Waals surface area contributed by atoms with Crippen LogP contribution in [0, 0.1) is 0 Å². The number of hydrogen-bond donors (Lipinski definition) is 2. The van der Waals surface area contributed by atoms with Crippen LogP contribution in [-0.2, 0) is 4.79 Å². The molecule has 3 N–H and O–H groups in total. The van der Waals surface area contributed by atoms with E-state index in [4.69, 9.17) is 11.3 Å². The standard InChI is InChI=1S/C5H11N5O.ClH/c1-4(11)8-2-5(6)3-9-10-7;/h5H,2-3,6H2,1H3,(H,8,11);1H. The fourth-order valence-corrected chi connectivity index (χ4v) is 0.481. The fourth-order valence-electron chi connectivity index (χ4n) is 0.481. The SMILES string of the molecule is CC(=O)NCC(N)CN=[N+]=[N-].Cl. The van der Waals surface area contributed by atoms with Gasteiger partial charge in [0, 0.05) is 31.0 Å². The summed E-state index contributed by atoms with van der Waals surface area (Å²) in [4.78, 5) is 12.9. The largest absolute Gasteiger partial charge is 0.355 e. The normalized spacial score (nSPS) is 10.5. The molecule has 0 rings (SSSR count). The van der Waals surface area contributed by atoms with Gasteiger partial charge in [0.15, 0.2) is 0 Å². The number of nitrogens with two attached hydrogens (primary N) is 1. The Morgan fingerprint density at radius 3 is 2.83 bits per heavy atom. The van der Waals surface area contributed by atoms with Crippen molar-refractivity contribution in [3.63, 3.8) is 0 Å². The second-order valence-corrected chi connectivity index (χ2v) is 2.11. The van der Waals surface area contributed by atoms with Crippen LogP contribution in [0.1, 0.15) is 6.92 Å². The van der Waals surface area contributed by atoms with Crippen LogP contribution in [0.4, 0.5) is 0 Å². The van der Waals surface area contributed by atoms with Crippen LogP contribution in [0.5, 0.6) is 0 Å². The number of azide groups is 1. The first-order valence-corrected chi connectivity index (χ1v) is 3.17. The molecular formula is C5H12ClN5O.